The minimum absolute atomic E-state index is 0.361. The normalized spacial score (nSPS) is 14.5. The molecule has 0 saturated carbocycles. The first-order chi connectivity index (χ1) is 14.2. The number of hydrogen-bond acceptors (Lipinski definition) is 5. The second-order valence-electron chi connectivity index (χ2n) is 6.91. The van der Waals surface area contributed by atoms with E-state index in [1.807, 2.05) is 24.3 Å². The van der Waals surface area contributed by atoms with Gasteiger partial charge in [-0.3, -0.25) is 9.10 Å². The van der Waals surface area contributed by atoms with Gasteiger partial charge in [0.25, 0.3) is 0 Å². The summed E-state index contributed by atoms with van der Waals surface area (Å²) in [6.45, 7) is 1.27. The zero-order valence-electron chi connectivity index (χ0n) is 16.7. The Kier molecular flexibility index (Phi) is 6.45. The van der Waals surface area contributed by atoms with Crippen LogP contribution < -0.4 is 13.9 Å². The summed E-state index contributed by atoms with van der Waals surface area (Å²) in [5.41, 5.74) is 0.554. The summed E-state index contributed by atoms with van der Waals surface area (Å²) in [4.78, 5) is 16.4. The van der Waals surface area contributed by atoms with E-state index >= 15 is 0 Å². The number of anilines is 2. The minimum atomic E-state index is -3.95. The highest BCUT2D eigenvalue weighted by Crippen LogP contribution is 2.28. The van der Waals surface area contributed by atoms with Crippen LogP contribution in [0.25, 0.3) is 0 Å². The number of piperazine rings is 1. The molecule has 3 rings (SSSR count). The largest absolute Gasteiger partial charge is 0.495 e. The third-order valence-electron chi connectivity index (χ3n) is 4.92. The minimum Gasteiger partial charge on any atom is -0.495 e. The maximum Gasteiger partial charge on any atom is 0.243 e. The van der Waals surface area contributed by atoms with E-state index < -0.39 is 34.1 Å². The molecule has 1 fully saturated rings. The van der Waals surface area contributed by atoms with Crippen LogP contribution in [0.15, 0.2) is 42.5 Å². The van der Waals surface area contributed by atoms with Crippen molar-refractivity contribution in [1.29, 1.82) is 0 Å². The number of halogens is 2. The molecule has 0 N–H and O–H groups in total. The number of nitrogens with zero attached hydrogens (tertiary/aromatic N) is 3. The molecule has 1 aliphatic rings. The van der Waals surface area contributed by atoms with Crippen LogP contribution in [0.4, 0.5) is 20.2 Å². The quantitative estimate of drug-likeness (QED) is 0.690. The number of methoxy groups -OCH3 is 1. The molecule has 0 aliphatic carbocycles. The lowest BCUT2D eigenvalue weighted by molar-refractivity contribution is -0.129. The standard InChI is InChI=1S/C20H23F2N3O4S/c1-29-19-6-4-3-5-18(19)23-9-11-24(12-10-23)20(26)14-25(30(2,27)28)17-8-7-15(21)13-16(17)22/h3-8,13H,9-12,14H2,1-2H3. The van der Waals surface area contributed by atoms with E-state index in [0.717, 1.165) is 29.8 Å². The topological polar surface area (TPSA) is 70.2 Å². The van der Waals surface area contributed by atoms with Gasteiger partial charge in [0.05, 0.1) is 24.7 Å². The fraction of sp³-hybridized carbons (Fsp3) is 0.350. The Morgan fingerprint density at radius 3 is 2.37 bits per heavy atom. The Labute approximate surface area is 174 Å². The fourth-order valence-electron chi connectivity index (χ4n) is 3.38. The molecular formula is C20H23F2N3O4S. The van der Waals surface area contributed by atoms with E-state index in [0.29, 0.717) is 36.6 Å². The molecule has 0 radical (unpaired) electrons. The van der Waals surface area contributed by atoms with Crippen LogP contribution in [0.1, 0.15) is 0 Å². The molecule has 10 heteroatoms. The van der Waals surface area contributed by atoms with Gasteiger partial charge in [-0.05, 0) is 24.3 Å². The first-order valence-corrected chi connectivity index (χ1v) is 11.1. The summed E-state index contributed by atoms with van der Waals surface area (Å²) in [6.07, 6.45) is 0.878. The molecule has 1 amide bonds. The van der Waals surface area contributed by atoms with Gasteiger partial charge in [-0.2, -0.15) is 0 Å². The Balaban J connectivity index is 1.70. The molecule has 7 nitrogen and oxygen atoms in total. The molecule has 1 aliphatic heterocycles. The molecule has 0 spiro atoms. The Bertz CT molecular complexity index is 1020. The Morgan fingerprint density at radius 2 is 1.77 bits per heavy atom. The predicted octanol–water partition coefficient (Wildman–Crippen LogP) is 2.09. The molecule has 162 valence electrons. The number of hydrogen-bond donors (Lipinski definition) is 0. The maximum atomic E-state index is 14.1. The van der Waals surface area contributed by atoms with E-state index in [9.17, 15) is 22.0 Å². The Hall–Kier alpha value is -2.88. The first kappa shape index (κ1) is 21.8. The Morgan fingerprint density at radius 1 is 1.10 bits per heavy atom. The molecular weight excluding hydrogens is 416 g/mol. The van der Waals surface area contributed by atoms with Crippen LogP contribution in [-0.4, -0.2) is 65.3 Å². The molecule has 2 aromatic carbocycles. The lowest BCUT2D eigenvalue weighted by Gasteiger charge is -2.37. The van der Waals surface area contributed by atoms with Gasteiger partial charge < -0.3 is 14.5 Å². The van der Waals surface area contributed by atoms with E-state index in [-0.39, 0.29) is 5.69 Å². The van der Waals surface area contributed by atoms with Crippen molar-refractivity contribution in [2.75, 3.05) is 55.3 Å². The number of amides is 1. The number of ether oxygens (including phenoxy) is 1. The van der Waals surface area contributed by atoms with Crippen molar-refractivity contribution in [3.8, 4) is 5.75 Å². The van der Waals surface area contributed by atoms with E-state index in [1.165, 1.54) is 4.90 Å². The number of sulfonamides is 1. The molecule has 0 aromatic heterocycles. The predicted molar refractivity (Wildman–Crippen MR) is 110 cm³/mol. The maximum absolute atomic E-state index is 14.1. The average molecular weight is 439 g/mol. The lowest BCUT2D eigenvalue weighted by Crippen LogP contribution is -2.52. The number of rotatable bonds is 6. The van der Waals surface area contributed by atoms with Crippen LogP contribution in [0.3, 0.4) is 0 Å². The van der Waals surface area contributed by atoms with E-state index in [4.69, 9.17) is 4.74 Å². The van der Waals surface area contributed by atoms with E-state index in [2.05, 4.69) is 4.90 Å². The van der Waals surface area contributed by atoms with Crippen LogP contribution in [0.5, 0.6) is 5.75 Å². The van der Waals surface area contributed by atoms with Crippen LogP contribution in [0.2, 0.25) is 0 Å². The van der Waals surface area contributed by atoms with Gasteiger partial charge in [0.2, 0.25) is 15.9 Å². The first-order valence-electron chi connectivity index (χ1n) is 9.29. The van der Waals surface area contributed by atoms with Gasteiger partial charge in [-0.1, -0.05) is 12.1 Å². The van der Waals surface area contributed by atoms with Crippen molar-refractivity contribution in [2.45, 2.75) is 0 Å². The van der Waals surface area contributed by atoms with Crippen LogP contribution in [-0.2, 0) is 14.8 Å². The summed E-state index contributed by atoms with van der Waals surface area (Å²) in [5, 5.41) is 0. The van der Waals surface area contributed by atoms with Crippen molar-refractivity contribution < 1.29 is 26.7 Å². The zero-order chi connectivity index (χ0) is 21.9. The molecule has 30 heavy (non-hydrogen) atoms. The number of carbonyl (C=O) groups is 1. The van der Waals surface area contributed by atoms with Gasteiger partial charge >= 0.3 is 0 Å². The molecule has 1 heterocycles. The second-order valence-corrected chi connectivity index (χ2v) is 8.81. The van der Waals surface area contributed by atoms with Crippen molar-refractivity contribution in [3.05, 3.63) is 54.1 Å². The fourth-order valence-corrected chi connectivity index (χ4v) is 4.23. The van der Waals surface area contributed by atoms with Crippen molar-refractivity contribution >= 4 is 27.3 Å². The molecule has 0 unspecified atom stereocenters. The van der Waals surface area contributed by atoms with Crippen molar-refractivity contribution in [3.63, 3.8) is 0 Å². The van der Waals surface area contributed by atoms with Crippen LogP contribution >= 0.6 is 0 Å². The third-order valence-corrected chi connectivity index (χ3v) is 6.04. The number of benzene rings is 2. The van der Waals surface area contributed by atoms with E-state index in [1.54, 1.807) is 7.11 Å². The summed E-state index contributed by atoms with van der Waals surface area (Å²) >= 11 is 0. The van der Waals surface area contributed by atoms with Gasteiger partial charge in [0.1, 0.15) is 23.9 Å². The summed E-state index contributed by atoms with van der Waals surface area (Å²) in [5.74, 6) is -1.60. The lowest BCUT2D eigenvalue weighted by atomic mass is 10.2. The molecule has 2 aromatic rings. The highest BCUT2D eigenvalue weighted by molar-refractivity contribution is 7.92. The van der Waals surface area contributed by atoms with Crippen molar-refractivity contribution in [2.24, 2.45) is 0 Å². The van der Waals surface area contributed by atoms with Crippen LogP contribution in [0, 0.1) is 11.6 Å². The summed E-state index contributed by atoms with van der Waals surface area (Å²) < 4.78 is 57.7. The molecule has 0 bridgehead atoms. The third kappa shape index (κ3) is 4.81. The summed E-state index contributed by atoms with van der Waals surface area (Å²) in [6, 6.07) is 10.1. The van der Waals surface area contributed by atoms with Gasteiger partial charge in [-0.15, -0.1) is 0 Å². The second kappa shape index (κ2) is 8.86. The highest BCUT2D eigenvalue weighted by atomic mass is 32.2. The highest BCUT2D eigenvalue weighted by Gasteiger charge is 2.28. The van der Waals surface area contributed by atoms with Crippen molar-refractivity contribution in [1.82, 2.24) is 4.90 Å². The monoisotopic (exact) mass is 439 g/mol. The zero-order valence-corrected chi connectivity index (χ0v) is 17.5. The SMILES string of the molecule is COc1ccccc1N1CCN(C(=O)CN(c2ccc(F)cc2F)S(C)(=O)=O)CC1. The number of para-hydroxylation sites is 2. The molecule has 0 atom stereocenters. The smallest absolute Gasteiger partial charge is 0.243 e. The average Bonchev–Trinajstić information content (AvgIpc) is 2.71. The van der Waals surface area contributed by atoms with Gasteiger partial charge in [0.15, 0.2) is 0 Å². The summed E-state index contributed by atoms with van der Waals surface area (Å²) in [7, 11) is -2.36. The number of carbonyl (C=O) groups excluding carboxylic acids is 1. The van der Waals surface area contributed by atoms with Gasteiger partial charge in [-0.25, -0.2) is 17.2 Å². The van der Waals surface area contributed by atoms with Gasteiger partial charge in [0, 0.05) is 32.2 Å². The molecule has 1 saturated heterocycles.